The van der Waals surface area contributed by atoms with E-state index in [1.54, 1.807) is 11.3 Å². The molecule has 0 aliphatic carbocycles. The maximum absolute atomic E-state index is 5.90. The fraction of sp³-hybridized carbons (Fsp3) is 0.455. The number of aromatic nitrogens is 3. The zero-order chi connectivity index (χ0) is 12.5. The molecule has 0 amide bonds. The molecule has 3 N–H and O–H groups in total. The van der Waals surface area contributed by atoms with E-state index in [0.717, 1.165) is 47.1 Å². The first-order valence-corrected chi connectivity index (χ1v) is 7.57. The highest BCUT2D eigenvalue weighted by Crippen LogP contribution is 2.31. The molecule has 0 radical (unpaired) electrons. The van der Waals surface area contributed by atoms with Crippen molar-refractivity contribution < 1.29 is 0 Å². The number of hydrogen-bond donors (Lipinski definition) is 2. The standard InChI is InChI=1S/C11H14BrN5S/c12-8-3-6-18-9(8)10-14-11(16-15-10)17-4-1-7(13)2-5-17/h3,6-7H,1-2,4-5,13H2,(H,14,15,16). The maximum Gasteiger partial charge on any atom is 0.245 e. The monoisotopic (exact) mass is 327 g/mol. The molecule has 96 valence electrons. The zero-order valence-electron chi connectivity index (χ0n) is 9.77. The normalized spacial score (nSPS) is 17.3. The van der Waals surface area contributed by atoms with Gasteiger partial charge in [0.15, 0.2) is 5.82 Å². The summed E-state index contributed by atoms with van der Waals surface area (Å²) in [6, 6.07) is 2.34. The Labute approximate surface area is 118 Å². The summed E-state index contributed by atoms with van der Waals surface area (Å²) in [4.78, 5) is 7.83. The van der Waals surface area contributed by atoms with E-state index >= 15 is 0 Å². The number of hydrogen-bond acceptors (Lipinski definition) is 5. The zero-order valence-corrected chi connectivity index (χ0v) is 12.2. The van der Waals surface area contributed by atoms with Gasteiger partial charge in [0.25, 0.3) is 0 Å². The van der Waals surface area contributed by atoms with Crippen molar-refractivity contribution >= 4 is 33.2 Å². The van der Waals surface area contributed by atoms with Crippen molar-refractivity contribution in [2.24, 2.45) is 5.73 Å². The van der Waals surface area contributed by atoms with Crippen LogP contribution in [0.25, 0.3) is 10.7 Å². The largest absolute Gasteiger partial charge is 0.339 e. The van der Waals surface area contributed by atoms with Crippen LogP contribution >= 0.6 is 27.3 Å². The van der Waals surface area contributed by atoms with Crippen molar-refractivity contribution in [1.82, 2.24) is 15.2 Å². The fourth-order valence-corrected chi connectivity index (χ4v) is 3.56. The predicted molar refractivity (Wildman–Crippen MR) is 76.8 cm³/mol. The average molecular weight is 328 g/mol. The molecule has 0 saturated carbocycles. The first-order valence-electron chi connectivity index (χ1n) is 5.90. The summed E-state index contributed by atoms with van der Waals surface area (Å²) in [5.74, 6) is 1.60. The van der Waals surface area contributed by atoms with Gasteiger partial charge in [-0.1, -0.05) is 0 Å². The fourth-order valence-electron chi connectivity index (χ4n) is 2.06. The average Bonchev–Trinajstić information content (AvgIpc) is 2.98. The second-order valence-corrected chi connectivity index (χ2v) is 6.18. The number of nitrogens with zero attached hydrogens (tertiary/aromatic N) is 3. The number of H-pyrrole nitrogens is 1. The molecule has 5 nitrogen and oxygen atoms in total. The minimum Gasteiger partial charge on any atom is -0.339 e. The first kappa shape index (κ1) is 12.1. The van der Waals surface area contributed by atoms with E-state index in [4.69, 9.17) is 5.73 Å². The van der Waals surface area contributed by atoms with E-state index in [0.29, 0.717) is 6.04 Å². The van der Waals surface area contributed by atoms with E-state index in [-0.39, 0.29) is 0 Å². The van der Waals surface area contributed by atoms with E-state index in [2.05, 4.69) is 36.0 Å². The molecule has 2 aromatic heterocycles. The van der Waals surface area contributed by atoms with Crippen molar-refractivity contribution in [3.8, 4) is 10.7 Å². The number of nitrogens with two attached hydrogens (primary N) is 1. The molecule has 1 aliphatic rings. The number of thiophene rings is 1. The Hall–Kier alpha value is -0.920. The van der Waals surface area contributed by atoms with Crippen LogP contribution in [0.2, 0.25) is 0 Å². The Balaban J connectivity index is 1.80. The molecular formula is C11H14BrN5S. The molecule has 3 rings (SSSR count). The van der Waals surface area contributed by atoms with Gasteiger partial charge in [-0.25, -0.2) is 0 Å². The molecule has 0 aromatic carbocycles. The van der Waals surface area contributed by atoms with Crippen LogP contribution in [0.4, 0.5) is 5.95 Å². The molecule has 0 unspecified atom stereocenters. The second-order valence-electron chi connectivity index (χ2n) is 4.41. The second kappa shape index (κ2) is 4.99. The summed E-state index contributed by atoms with van der Waals surface area (Å²) in [6.07, 6.45) is 2.01. The van der Waals surface area contributed by atoms with Crippen molar-refractivity contribution in [3.05, 3.63) is 15.9 Å². The molecular weight excluding hydrogens is 314 g/mol. The minimum atomic E-state index is 0.325. The molecule has 3 heterocycles. The Morgan fingerprint density at radius 3 is 2.89 bits per heavy atom. The third-order valence-electron chi connectivity index (χ3n) is 3.13. The molecule has 1 fully saturated rings. The topological polar surface area (TPSA) is 70.8 Å². The first-order chi connectivity index (χ1) is 8.74. The summed E-state index contributed by atoms with van der Waals surface area (Å²) >= 11 is 5.15. The summed E-state index contributed by atoms with van der Waals surface area (Å²) in [5.41, 5.74) is 5.90. The number of anilines is 1. The van der Waals surface area contributed by atoms with Crippen molar-refractivity contribution in [2.45, 2.75) is 18.9 Å². The summed E-state index contributed by atoms with van der Waals surface area (Å²) in [6.45, 7) is 1.87. The van der Waals surface area contributed by atoms with Crippen LogP contribution in [-0.4, -0.2) is 34.3 Å². The third kappa shape index (κ3) is 2.30. The van der Waals surface area contributed by atoms with Crippen LogP contribution in [0.15, 0.2) is 15.9 Å². The number of halogens is 1. The minimum absolute atomic E-state index is 0.325. The van der Waals surface area contributed by atoms with Crippen molar-refractivity contribution in [3.63, 3.8) is 0 Å². The van der Waals surface area contributed by atoms with Gasteiger partial charge in [-0.3, -0.25) is 5.10 Å². The molecule has 0 bridgehead atoms. The van der Waals surface area contributed by atoms with Crippen LogP contribution in [0, 0.1) is 0 Å². The Morgan fingerprint density at radius 2 is 2.22 bits per heavy atom. The Bertz CT molecular complexity index is 529. The highest BCUT2D eigenvalue weighted by Gasteiger charge is 2.20. The predicted octanol–water partition coefficient (Wildman–Crippen LogP) is 2.22. The number of rotatable bonds is 2. The SMILES string of the molecule is NC1CCN(c2n[nH]c(-c3sccc3Br)n2)CC1. The summed E-state index contributed by atoms with van der Waals surface area (Å²) in [7, 11) is 0. The Morgan fingerprint density at radius 1 is 1.44 bits per heavy atom. The van der Waals surface area contributed by atoms with Gasteiger partial charge in [0.05, 0.1) is 4.88 Å². The molecule has 0 spiro atoms. The Kier molecular flexibility index (Phi) is 3.36. The van der Waals surface area contributed by atoms with Gasteiger partial charge in [-0.05, 0) is 40.2 Å². The highest BCUT2D eigenvalue weighted by atomic mass is 79.9. The lowest BCUT2D eigenvalue weighted by molar-refractivity contribution is 0.496. The van der Waals surface area contributed by atoms with Gasteiger partial charge < -0.3 is 10.6 Å². The van der Waals surface area contributed by atoms with E-state index in [9.17, 15) is 0 Å². The van der Waals surface area contributed by atoms with Gasteiger partial charge in [0.2, 0.25) is 5.95 Å². The van der Waals surface area contributed by atoms with Crippen molar-refractivity contribution in [2.75, 3.05) is 18.0 Å². The molecule has 0 atom stereocenters. The maximum atomic E-state index is 5.90. The summed E-state index contributed by atoms with van der Waals surface area (Å²) in [5, 5.41) is 9.33. The van der Waals surface area contributed by atoms with Crippen LogP contribution < -0.4 is 10.6 Å². The van der Waals surface area contributed by atoms with Crippen LogP contribution in [0.5, 0.6) is 0 Å². The molecule has 1 aliphatic heterocycles. The van der Waals surface area contributed by atoms with Gasteiger partial charge in [0.1, 0.15) is 0 Å². The molecule has 7 heteroatoms. The van der Waals surface area contributed by atoms with E-state index < -0.39 is 0 Å². The van der Waals surface area contributed by atoms with Gasteiger partial charge >= 0.3 is 0 Å². The summed E-state index contributed by atoms with van der Waals surface area (Å²) < 4.78 is 1.05. The van der Waals surface area contributed by atoms with Gasteiger partial charge in [-0.15, -0.1) is 16.4 Å². The van der Waals surface area contributed by atoms with E-state index in [1.807, 2.05) is 11.4 Å². The number of nitrogens with one attached hydrogen (secondary N) is 1. The van der Waals surface area contributed by atoms with Gasteiger partial charge in [0, 0.05) is 23.6 Å². The molecule has 1 saturated heterocycles. The van der Waals surface area contributed by atoms with Crippen molar-refractivity contribution in [1.29, 1.82) is 0 Å². The highest BCUT2D eigenvalue weighted by molar-refractivity contribution is 9.10. The van der Waals surface area contributed by atoms with Gasteiger partial charge in [-0.2, -0.15) is 4.98 Å². The molecule has 2 aromatic rings. The lowest BCUT2D eigenvalue weighted by Gasteiger charge is -2.28. The lowest BCUT2D eigenvalue weighted by Crippen LogP contribution is -2.40. The van der Waals surface area contributed by atoms with Crippen LogP contribution in [0.3, 0.4) is 0 Å². The lowest BCUT2D eigenvalue weighted by atomic mass is 10.1. The smallest absolute Gasteiger partial charge is 0.245 e. The quantitative estimate of drug-likeness (QED) is 0.887. The van der Waals surface area contributed by atoms with E-state index in [1.165, 1.54) is 0 Å². The van der Waals surface area contributed by atoms with Crippen LogP contribution in [-0.2, 0) is 0 Å². The number of piperidine rings is 1. The third-order valence-corrected chi connectivity index (χ3v) is 4.97. The molecule has 18 heavy (non-hydrogen) atoms. The van der Waals surface area contributed by atoms with Crippen LogP contribution in [0.1, 0.15) is 12.8 Å². The number of aromatic amines is 1.